The second-order valence-corrected chi connectivity index (χ2v) is 9.32. The van der Waals surface area contributed by atoms with Gasteiger partial charge in [-0.25, -0.2) is 11.3 Å². The van der Waals surface area contributed by atoms with E-state index in [1.807, 2.05) is 53.4 Å². The maximum Gasteiger partial charge on any atom is 0.275 e. The molecule has 8 heteroatoms. The Morgan fingerprint density at radius 1 is 0.889 bits per heavy atom. The van der Waals surface area contributed by atoms with Gasteiger partial charge in [0.1, 0.15) is 0 Å². The molecule has 0 unspecified atom stereocenters. The van der Waals surface area contributed by atoms with Gasteiger partial charge in [-0.1, -0.05) is 65.7 Å². The van der Waals surface area contributed by atoms with E-state index in [1.165, 1.54) is 0 Å². The number of para-hydroxylation sites is 2. The summed E-state index contributed by atoms with van der Waals surface area (Å²) in [4.78, 5) is 21.5. The van der Waals surface area contributed by atoms with E-state index in [2.05, 4.69) is 21.9 Å². The molecular formula is C28H23Cl2N5O. The summed E-state index contributed by atoms with van der Waals surface area (Å²) >= 11 is 12.7. The third kappa shape index (κ3) is 4.68. The van der Waals surface area contributed by atoms with E-state index < -0.39 is 0 Å². The van der Waals surface area contributed by atoms with Gasteiger partial charge in [0.2, 0.25) is 6.54 Å². The molecule has 3 aromatic carbocycles. The van der Waals surface area contributed by atoms with Crippen molar-refractivity contribution in [2.45, 2.75) is 6.54 Å². The van der Waals surface area contributed by atoms with E-state index in [-0.39, 0.29) is 18.1 Å². The highest BCUT2D eigenvalue weighted by atomic mass is 35.5. The summed E-state index contributed by atoms with van der Waals surface area (Å²) in [5.74, 6) is -0.178. The number of piperazine rings is 1. The lowest BCUT2D eigenvalue weighted by atomic mass is 10.0. The molecule has 5 rings (SSSR count). The number of nitrogens with zero attached hydrogens (tertiary/aromatic N) is 5. The second kappa shape index (κ2) is 10.4. The Labute approximate surface area is 220 Å². The Kier molecular flexibility index (Phi) is 6.95. The maximum absolute atomic E-state index is 13.8. The first-order valence-corrected chi connectivity index (χ1v) is 12.4. The number of halogens is 2. The second-order valence-electron chi connectivity index (χ2n) is 8.48. The average Bonchev–Trinajstić information content (AvgIpc) is 3.28. The van der Waals surface area contributed by atoms with E-state index in [0.717, 1.165) is 24.3 Å². The summed E-state index contributed by atoms with van der Waals surface area (Å²) < 4.78 is 1.68. The third-order valence-corrected chi connectivity index (χ3v) is 6.88. The van der Waals surface area contributed by atoms with Gasteiger partial charge in [0.25, 0.3) is 5.91 Å². The molecule has 1 fully saturated rings. The summed E-state index contributed by atoms with van der Waals surface area (Å²) in [7, 11) is 0. The molecule has 0 N–H and O–H groups in total. The van der Waals surface area contributed by atoms with Gasteiger partial charge in [0, 0.05) is 42.5 Å². The van der Waals surface area contributed by atoms with Crippen molar-refractivity contribution in [3.63, 3.8) is 0 Å². The molecule has 0 aliphatic carbocycles. The Hall–Kier alpha value is -3.79. The van der Waals surface area contributed by atoms with Gasteiger partial charge in [0.15, 0.2) is 5.69 Å². The molecule has 0 bridgehead atoms. The van der Waals surface area contributed by atoms with Crippen LogP contribution in [0.25, 0.3) is 21.8 Å². The highest BCUT2D eigenvalue weighted by molar-refractivity contribution is 6.32. The van der Waals surface area contributed by atoms with Crippen LogP contribution < -0.4 is 4.90 Å². The standard InChI is InChI=1S/C28H23Cl2N5O/c1-31-19-23-26(28(36)34-17-15-33(16-18-34)22-7-3-2-4-8-22)32-35(25-10-6-5-9-24(25)30)27(23)20-11-13-21(29)14-12-20/h2-14H,15-19H2. The molecule has 1 amide bonds. The van der Waals surface area contributed by atoms with Crippen LogP contribution in [0.2, 0.25) is 10.0 Å². The molecule has 1 saturated heterocycles. The Bertz CT molecular complexity index is 1420. The molecule has 4 aromatic rings. The van der Waals surface area contributed by atoms with Crippen LogP contribution in [0, 0.1) is 6.57 Å². The van der Waals surface area contributed by atoms with Gasteiger partial charge in [-0.15, -0.1) is 0 Å². The minimum Gasteiger partial charge on any atom is -0.368 e. The molecule has 0 radical (unpaired) electrons. The van der Waals surface area contributed by atoms with E-state index in [1.54, 1.807) is 22.9 Å². The van der Waals surface area contributed by atoms with Crippen LogP contribution in [0.5, 0.6) is 0 Å². The van der Waals surface area contributed by atoms with Gasteiger partial charge in [-0.3, -0.25) is 4.79 Å². The third-order valence-electron chi connectivity index (χ3n) is 6.31. The fraction of sp³-hybridized carbons (Fsp3) is 0.179. The number of carbonyl (C=O) groups excluding carboxylic acids is 1. The molecule has 0 saturated carbocycles. The summed E-state index contributed by atoms with van der Waals surface area (Å²) in [6, 6.07) is 24.8. The average molecular weight is 516 g/mol. The van der Waals surface area contributed by atoms with Crippen molar-refractivity contribution in [3.05, 3.63) is 112 Å². The summed E-state index contributed by atoms with van der Waals surface area (Å²) in [5, 5.41) is 5.86. The minimum absolute atomic E-state index is 0.0213. The van der Waals surface area contributed by atoms with Crippen molar-refractivity contribution in [2.75, 3.05) is 31.1 Å². The summed E-state index contributed by atoms with van der Waals surface area (Å²) in [5.41, 5.74) is 4.13. The van der Waals surface area contributed by atoms with Gasteiger partial charge in [-0.2, -0.15) is 5.10 Å². The smallest absolute Gasteiger partial charge is 0.275 e. The first-order chi connectivity index (χ1) is 17.6. The highest BCUT2D eigenvalue weighted by Crippen LogP contribution is 2.34. The van der Waals surface area contributed by atoms with E-state index >= 15 is 0 Å². The molecule has 1 aromatic heterocycles. The summed E-state index contributed by atoms with van der Waals surface area (Å²) in [6.45, 7) is 10.2. The van der Waals surface area contributed by atoms with Crippen molar-refractivity contribution in [1.29, 1.82) is 0 Å². The summed E-state index contributed by atoms with van der Waals surface area (Å²) in [6.07, 6.45) is 0. The van der Waals surface area contributed by atoms with Crippen LogP contribution in [-0.2, 0) is 6.54 Å². The van der Waals surface area contributed by atoms with Crippen LogP contribution in [-0.4, -0.2) is 46.8 Å². The largest absolute Gasteiger partial charge is 0.368 e. The molecule has 2 heterocycles. The van der Waals surface area contributed by atoms with Crippen molar-refractivity contribution in [3.8, 4) is 16.9 Å². The number of carbonyl (C=O) groups is 1. The lowest BCUT2D eigenvalue weighted by molar-refractivity contribution is 0.0739. The molecule has 36 heavy (non-hydrogen) atoms. The van der Waals surface area contributed by atoms with Crippen LogP contribution in [0.4, 0.5) is 5.69 Å². The predicted molar refractivity (Wildman–Crippen MR) is 144 cm³/mol. The number of anilines is 1. The normalized spacial score (nSPS) is 13.5. The number of rotatable bonds is 5. The minimum atomic E-state index is -0.178. The lowest BCUT2D eigenvalue weighted by Gasteiger charge is -2.35. The van der Waals surface area contributed by atoms with Gasteiger partial charge in [0.05, 0.1) is 22.0 Å². The SMILES string of the molecule is [C-]#[N+]Cc1c(C(=O)N2CCN(c3ccccc3)CC2)nn(-c2ccccc2Cl)c1-c1ccc(Cl)cc1. The zero-order valence-electron chi connectivity index (χ0n) is 19.4. The Morgan fingerprint density at radius 3 is 2.22 bits per heavy atom. The zero-order valence-corrected chi connectivity index (χ0v) is 21.0. The van der Waals surface area contributed by atoms with Crippen LogP contribution >= 0.6 is 23.2 Å². The van der Waals surface area contributed by atoms with Crippen molar-refractivity contribution >= 4 is 34.8 Å². The topological polar surface area (TPSA) is 45.7 Å². The van der Waals surface area contributed by atoms with Gasteiger partial charge < -0.3 is 14.6 Å². The van der Waals surface area contributed by atoms with E-state index in [9.17, 15) is 4.79 Å². The maximum atomic E-state index is 13.8. The van der Waals surface area contributed by atoms with Crippen molar-refractivity contribution < 1.29 is 4.79 Å². The first-order valence-electron chi connectivity index (χ1n) is 11.6. The number of benzene rings is 3. The van der Waals surface area contributed by atoms with Crippen molar-refractivity contribution in [2.24, 2.45) is 0 Å². The first kappa shape index (κ1) is 23.9. The molecular weight excluding hydrogens is 493 g/mol. The number of amides is 1. The molecule has 1 aliphatic rings. The van der Waals surface area contributed by atoms with Crippen LogP contribution in [0.3, 0.4) is 0 Å². The van der Waals surface area contributed by atoms with Crippen molar-refractivity contribution in [1.82, 2.24) is 14.7 Å². The predicted octanol–water partition coefficient (Wildman–Crippen LogP) is 6.23. The molecule has 6 nitrogen and oxygen atoms in total. The monoisotopic (exact) mass is 515 g/mol. The number of hydrogen-bond donors (Lipinski definition) is 0. The Balaban J connectivity index is 1.54. The number of hydrogen-bond acceptors (Lipinski definition) is 3. The van der Waals surface area contributed by atoms with Crippen LogP contribution in [0.1, 0.15) is 16.1 Å². The highest BCUT2D eigenvalue weighted by Gasteiger charge is 2.31. The fourth-order valence-electron chi connectivity index (χ4n) is 4.51. The van der Waals surface area contributed by atoms with E-state index in [4.69, 9.17) is 34.9 Å². The van der Waals surface area contributed by atoms with Gasteiger partial charge >= 0.3 is 0 Å². The van der Waals surface area contributed by atoms with Crippen LogP contribution in [0.15, 0.2) is 78.9 Å². The quantitative estimate of drug-likeness (QED) is 0.296. The number of aromatic nitrogens is 2. The lowest BCUT2D eigenvalue weighted by Crippen LogP contribution is -2.49. The van der Waals surface area contributed by atoms with Gasteiger partial charge in [-0.05, 0) is 36.4 Å². The molecule has 1 aliphatic heterocycles. The molecule has 0 atom stereocenters. The fourth-order valence-corrected chi connectivity index (χ4v) is 4.85. The van der Waals surface area contributed by atoms with E-state index in [0.29, 0.717) is 40.1 Å². The molecule has 180 valence electrons. The molecule has 0 spiro atoms. The Morgan fingerprint density at radius 2 is 1.56 bits per heavy atom. The zero-order chi connectivity index (χ0) is 25.1.